The molecule has 1 saturated carbocycles. The van der Waals surface area contributed by atoms with Crippen molar-refractivity contribution in [3.8, 4) is 0 Å². The van der Waals surface area contributed by atoms with Crippen LogP contribution in [0.5, 0.6) is 0 Å². The molecule has 4 amide bonds. The van der Waals surface area contributed by atoms with Crippen molar-refractivity contribution >= 4 is 34.9 Å². The molecular weight excluding hydrogens is 394 g/mol. The average Bonchev–Trinajstić information content (AvgIpc) is 3.00. The van der Waals surface area contributed by atoms with Gasteiger partial charge in [0.2, 0.25) is 5.91 Å². The molecule has 8 heteroatoms. The number of carbonyl (C=O) groups excluding carboxylic acids is 3. The zero-order valence-corrected chi connectivity index (χ0v) is 17.4. The van der Waals surface area contributed by atoms with E-state index in [1.54, 1.807) is 24.3 Å². The number of urea groups is 1. The van der Waals surface area contributed by atoms with Crippen molar-refractivity contribution in [3.05, 3.63) is 54.6 Å². The van der Waals surface area contributed by atoms with Crippen LogP contribution in [0, 0.1) is 5.92 Å². The highest BCUT2D eigenvalue weighted by Gasteiger charge is 2.52. The Morgan fingerprint density at radius 1 is 1.03 bits per heavy atom. The number of nitrogens with zero attached hydrogens (tertiary/aromatic N) is 3. The first-order chi connectivity index (χ1) is 14.9. The number of imide groups is 1. The first kappa shape index (κ1) is 20.7. The maximum absolute atomic E-state index is 12.9. The van der Waals surface area contributed by atoms with Gasteiger partial charge in [-0.25, -0.2) is 4.79 Å². The van der Waals surface area contributed by atoms with Crippen LogP contribution in [0.25, 0.3) is 0 Å². The average molecular weight is 419 g/mol. The van der Waals surface area contributed by atoms with Crippen LogP contribution in [0.2, 0.25) is 0 Å². The lowest BCUT2D eigenvalue weighted by Gasteiger charge is -2.33. The molecule has 4 rings (SSSR count). The van der Waals surface area contributed by atoms with Gasteiger partial charge < -0.3 is 10.6 Å². The Kier molecular flexibility index (Phi) is 5.79. The third-order valence-corrected chi connectivity index (χ3v) is 5.86. The summed E-state index contributed by atoms with van der Waals surface area (Å²) in [5.41, 5.74) is 1.11. The largest absolute Gasteiger partial charge is 0.325 e. The van der Waals surface area contributed by atoms with E-state index in [0.717, 1.165) is 23.4 Å². The Hall–Kier alpha value is -3.55. The smallest absolute Gasteiger partial charge is 0.325 e. The van der Waals surface area contributed by atoms with Crippen LogP contribution in [-0.2, 0) is 9.59 Å². The summed E-state index contributed by atoms with van der Waals surface area (Å²) in [4.78, 5) is 38.7. The van der Waals surface area contributed by atoms with E-state index in [9.17, 15) is 14.4 Å². The van der Waals surface area contributed by atoms with Crippen molar-refractivity contribution in [3.63, 3.8) is 0 Å². The Morgan fingerprint density at radius 2 is 1.65 bits per heavy atom. The molecular formula is C23H25N5O3. The SMILES string of the molecule is CC1CCC2(CC1)NC(=O)N(CC(=O)Nc1ccc(N=Nc3ccccc3)cc1)C2=O. The van der Waals surface area contributed by atoms with Crippen molar-refractivity contribution in [1.82, 2.24) is 10.2 Å². The minimum Gasteiger partial charge on any atom is -0.325 e. The quantitative estimate of drug-likeness (QED) is 0.549. The van der Waals surface area contributed by atoms with E-state index in [2.05, 4.69) is 27.8 Å². The summed E-state index contributed by atoms with van der Waals surface area (Å²) >= 11 is 0. The molecule has 0 radical (unpaired) electrons. The second-order valence-electron chi connectivity index (χ2n) is 8.22. The first-order valence-corrected chi connectivity index (χ1v) is 10.5. The van der Waals surface area contributed by atoms with Gasteiger partial charge in [0.25, 0.3) is 5.91 Å². The van der Waals surface area contributed by atoms with E-state index in [1.165, 1.54) is 0 Å². The monoisotopic (exact) mass is 419 g/mol. The molecule has 2 aromatic rings. The lowest BCUT2D eigenvalue weighted by atomic mass is 9.77. The van der Waals surface area contributed by atoms with Gasteiger partial charge in [-0.3, -0.25) is 14.5 Å². The number of amides is 4. The first-order valence-electron chi connectivity index (χ1n) is 10.5. The Balaban J connectivity index is 1.34. The standard InChI is InChI=1S/C23H25N5O3/c1-16-11-13-23(14-12-16)21(30)28(22(31)25-23)15-20(29)24-17-7-9-19(10-8-17)27-26-18-5-3-2-4-6-18/h2-10,16H,11-15H2,1H3,(H,24,29)(H,25,31). The lowest BCUT2D eigenvalue weighted by molar-refractivity contribution is -0.135. The summed E-state index contributed by atoms with van der Waals surface area (Å²) in [5.74, 6) is -0.178. The van der Waals surface area contributed by atoms with Crippen molar-refractivity contribution in [2.45, 2.75) is 38.1 Å². The predicted molar refractivity (Wildman–Crippen MR) is 116 cm³/mol. The highest BCUT2D eigenvalue weighted by molar-refractivity contribution is 6.10. The zero-order valence-electron chi connectivity index (χ0n) is 17.4. The molecule has 0 unspecified atom stereocenters. The van der Waals surface area contributed by atoms with Gasteiger partial charge >= 0.3 is 6.03 Å². The second kappa shape index (κ2) is 8.67. The van der Waals surface area contributed by atoms with Gasteiger partial charge in [0.05, 0.1) is 11.4 Å². The number of anilines is 1. The maximum atomic E-state index is 12.9. The molecule has 1 aliphatic heterocycles. The summed E-state index contributed by atoms with van der Waals surface area (Å²) in [7, 11) is 0. The molecule has 0 aromatic heterocycles. The van der Waals surface area contributed by atoms with E-state index < -0.39 is 17.5 Å². The molecule has 2 N–H and O–H groups in total. The molecule has 1 heterocycles. The van der Waals surface area contributed by atoms with Crippen LogP contribution in [-0.4, -0.2) is 34.8 Å². The number of carbonyl (C=O) groups is 3. The van der Waals surface area contributed by atoms with Gasteiger partial charge in [-0.1, -0.05) is 25.1 Å². The van der Waals surface area contributed by atoms with Gasteiger partial charge in [-0.2, -0.15) is 10.2 Å². The van der Waals surface area contributed by atoms with Crippen LogP contribution < -0.4 is 10.6 Å². The number of hydrogen-bond acceptors (Lipinski definition) is 5. The molecule has 1 saturated heterocycles. The number of nitrogens with one attached hydrogen (secondary N) is 2. The van der Waals surface area contributed by atoms with Gasteiger partial charge in [-0.15, -0.1) is 0 Å². The number of hydrogen-bond donors (Lipinski definition) is 2. The lowest BCUT2D eigenvalue weighted by Crippen LogP contribution is -2.49. The fourth-order valence-corrected chi connectivity index (χ4v) is 3.98. The number of benzene rings is 2. The summed E-state index contributed by atoms with van der Waals surface area (Å²) in [6, 6.07) is 15.8. The summed E-state index contributed by atoms with van der Waals surface area (Å²) < 4.78 is 0. The molecule has 31 heavy (non-hydrogen) atoms. The van der Waals surface area contributed by atoms with E-state index in [4.69, 9.17) is 0 Å². The fraction of sp³-hybridized carbons (Fsp3) is 0.348. The maximum Gasteiger partial charge on any atom is 0.325 e. The normalized spacial score (nSPS) is 23.4. The Morgan fingerprint density at radius 3 is 2.29 bits per heavy atom. The minimum atomic E-state index is -0.838. The van der Waals surface area contributed by atoms with Crippen LogP contribution in [0.4, 0.5) is 21.9 Å². The molecule has 160 valence electrons. The van der Waals surface area contributed by atoms with E-state index in [1.807, 2.05) is 30.3 Å². The molecule has 1 aliphatic carbocycles. The van der Waals surface area contributed by atoms with Gasteiger partial charge in [0.15, 0.2) is 0 Å². The van der Waals surface area contributed by atoms with Crippen LogP contribution in [0.3, 0.4) is 0 Å². The van der Waals surface area contributed by atoms with Crippen LogP contribution in [0.15, 0.2) is 64.8 Å². The van der Waals surface area contributed by atoms with Gasteiger partial charge in [0.1, 0.15) is 12.1 Å². The Labute approximate surface area is 180 Å². The zero-order chi connectivity index (χ0) is 21.8. The highest BCUT2D eigenvalue weighted by atomic mass is 16.2. The molecule has 0 bridgehead atoms. The third kappa shape index (κ3) is 4.63. The summed E-state index contributed by atoms with van der Waals surface area (Å²) in [5, 5.41) is 13.9. The predicted octanol–water partition coefficient (Wildman–Crippen LogP) is 4.54. The van der Waals surface area contributed by atoms with Crippen molar-refractivity contribution in [1.29, 1.82) is 0 Å². The number of rotatable bonds is 5. The topological polar surface area (TPSA) is 103 Å². The van der Waals surface area contributed by atoms with E-state index in [-0.39, 0.29) is 12.5 Å². The Bertz CT molecular complexity index is 996. The second-order valence-corrected chi connectivity index (χ2v) is 8.22. The number of azo groups is 1. The van der Waals surface area contributed by atoms with Crippen molar-refractivity contribution < 1.29 is 14.4 Å². The van der Waals surface area contributed by atoms with Gasteiger partial charge in [0, 0.05) is 5.69 Å². The molecule has 2 aromatic carbocycles. The molecule has 2 aliphatic rings. The molecule has 2 fully saturated rings. The molecule has 8 nitrogen and oxygen atoms in total. The fourth-order valence-electron chi connectivity index (χ4n) is 3.98. The highest BCUT2D eigenvalue weighted by Crippen LogP contribution is 2.36. The van der Waals surface area contributed by atoms with E-state index in [0.29, 0.717) is 30.1 Å². The van der Waals surface area contributed by atoms with Crippen LogP contribution >= 0.6 is 0 Å². The van der Waals surface area contributed by atoms with Crippen molar-refractivity contribution in [2.24, 2.45) is 16.1 Å². The van der Waals surface area contributed by atoms with Crippen molar-refractivity contribution in [2.75, 3.05) is 11.9 Å². The van der Waals surface area contributed by atoms with Gasteiger partial charge in [-0.05, 0) is 68.0 Å². The van der Waals surface area contributed by atoms with Crippen LogP contribution in [0.1, 0.15) is 32.6 Å². The minimum absolute atomic E-state index is 0.295. The van der Waals surface area contributed by atoms with E-state index >= 15 is 0 Å². The molecule has 1 spiro atoms. The summed E-state index contributed by atoms with van der Waals surface area (Å²) in [6.07, 6.45) is 3.02. The summed E-state index contributed by atoms with van der Waals surface area (Å²) in [6.45, 7) is 1.84. The third-order valence-electron chi connectivity index (χ3n) is 5.86. The molecule has 0 atom stereocenters.